The Morgan fingerprint density at radius 2 is 1.95 bits per heavy atom. The summed E-state index contributed by atoms with van der Waals surface area (Å²) < 4.78 is 61.2. The lowest BCUT2D eigenvalue weighted by Crippen LogP contribution is -2.25. The Labute approximate surface area is 102 Å². The van der Waals surface area contributed by atoms with E-state index in [9.17, 15) is 36.5 Å². The van der Waals surface area contributed by atoms with Crippen LogP contribution in [0.15, 0.2) is 15.8 Å². The van der Waals surface area contributed by atoms with Crippen LogP contribution in [0.25, 0.3) is 0 Å². The summed E-state index contributed by atoms with van der Waals surface area (Å²) in [6, 6.07) is 0.0786. The molecule has 3 N–H and O–H groups in total. The largest absolute Gasteiger partial charge is 0.574 e. The third-order valence-electron chi connectivity index (χ3n) is 1.67. The Kier molecular flexibility index (Phi) is 3.54. The summed E-state index contributed by atoms with van der Waals surface area (Å²) in [7, 11) is -4.78. The van der Waals surface area contributed by atoms with Crippen molar-refractivity contribution in [1.82, 2.24) is 4.98 Å². The van der Waals surface area contributed by atoms with Gasteiger partial charge in [-0.1, -0.05) is 0 Å². The number of pyridine rings is 1. The Morgan fingerprint density at radius 3 is 2.32 bits per heavy atom. The van der Waals surface area contributed by atoms with Crippen LogP contribution < -0.4 is 15.4 Å². The number of halogens is 3. The number of aromatic amines is 1. The summed E-state index contributed by atoms with van der Waals surface area (Å²) in [6.45, 7) is 0. The zero-order chi connectivity index (χ0) is 15.0. The van der Waals surface area contributed by atoms with E-state index in [0.717, 1.165) is 0 Å². The molecule has 0 amide bonds. The molecule has 0 unspecified atom stereocenters. The van der Waals surface area contributed by atoms with Crippen LogP contribution in [0.4, 0.5) is 18.9 Å². The third kappa shape index (κ3) is 3.65. The van der Waals surface area contributed by atoms with E-state index in [2.05, 4.69) is 9.88 Å². The first-order valence-electron chi connectivity index (χ1n) is 4.12. The SMILES string of the molecule is NS(=O)(=O)c1cc([N+](=O)[O-])c(=O)[nH]c1OC(F)(F)F. The number of ether oxygens (including phenoxy) is 1. The van der Waals surface area contributed by atoms with Crippen molar-refractivity contribution in [3.63, 3.8) is 0 Å². The van der Waals surface area contributed by atoms with E-state index in [1.54, 1.807) is 0 Å². The number of primary sulfonamides is 1. The highest BCUT2D eigenvalue weighted by molar-refractivity contribution is 7.89. The number of nitrogens with one attached hydrogen (secondary N) is 1. The summed E-state index contributed by atoms with van der Waals surface area (Å²) in [4.78, 5) is 20.1. The van der Waals surface area contributed by atoms with Gasteiger partial charge in [0, 0.05) is 6.07 Å². The van der Waals surface area contributed by atoms with E-state index in [0.29, 0.717) is 0 Å². The highest BCUT2D eigenvalue weighted by Crippen LogP contribution is 2.27. The summed E-state index contributed by atoms with van der Waals surface area (Å²) in [6.07, 6.45) is -5.32. The molecule has 0 saturated carbocycles. The van der Waals surface area contributed by atoms with Gasteiger partial charge in [-0.05, 0) is 0 Å². The van der Waals surface area contributed by atoms with Crippen molar-refractivity contribution >= 4 is 15.7 Å². The molecule has 106 valence electrons. The lowest BCUT2D eigenvalue weighted by atomic mass is 10.4. The number of rotatable bonds is 3. The third-order valence-corrected chi connectivity index (χ3v) is 2.59. The van der Waals surface area contributed by atoms with Gasteiger partial charge in [0.1, 0.15) is 4.90 Å². The molecule has 0 spiro atoms. The summed E-state index contributed by atoms with van der Waals surface area (Å²) >= 11 is 0. The van der Waals surface area contributed by atoms with Gasteiger partial charge in [0.2, 0.25) is 15.9 Å². The molecule has 0 bridgehead atoms. The number of nitro groups is 1. The van der Waals surface area contributed by atoms with E-state index < -0.39 is 43.3 Å². The zero-order valence-electron chi connectivity index (χ0n) is 8.59. The number of sulfonamides is 1. The zero-order valence-corrected chi connectivity index (χ0v) is 9.41. The predicted molar refractivity (Wildman–Crippen MR) is 51.8 cm³/mol. The van der Waals surface area contributed by atoms with Crippen LogP contribution in [0.5, 0.6) is 5.88 Å². The molecular formula is C6H4F3N3O6S. The maximum Gasteiger partial charge on any atom is 0.574 e. The molecule has 0 fully saturated rings. The van der Waals surface area contributed by atoms with E-state index in [1.165, 1.54) is 4.98 Å². The van der Waals surface area contributed by atoms with Crippen LogP contribution in [0.3, 0.4) is 0 Å². The molecule has 9 nitrogen and oxygen atoms in total. The van der Waals surface area contributed by atoms with Gasteiger partial charge in [-0.2, -0.15) is 0 Å². The number of nitrogens with two attached hydrogens (primary N) is 1. The minimum atomic E-state index is -5.32. The van der Waals surface area contributed by atoms with Gasteiger partial charge in [-0.25, -0.2) is 13.6 Å². The topological polar surface area (TPSA) is 145 Å². The molecule has 0 aliphatic heterocycles. The first-order valence-corrected chi connectivity index (χ1v) is 5.66. The molecule has 0 aliphatic carbocycles. The van der Waals surface area contributed by atoms with Crippen molar-refractivity contribution < 1.29 is 31.2 Å². The number of aromatic nitrogens is 1. The first-order chi connectivity index (χ1) is 8.42. The maximum atomic E-state index is 12.0. The molecule has 19 heavy (non-hydrogen) atoms. The Bertz CT molecular complexity index is 678. The van der Waals surface area contributed by atoms with Crippen LogP contribution in [-0.2, 0) is 10.0 Å². The molecule has 1 aromatic rings. The van der Waals surface area contributed by atoms with E-state index >= 15 is 0 Å². The molecule has 1 rings (SSSR count). The lowest BCUT2D eigenvalue weighted by molar-refractivity contribution is -0.386. The van der Waals surface area contributed by atoms with E-state index in [1.807, 2.05) is 0 Å². The van der Waals surface area contributed by atoms with Gasteiger partial charge in [0.05, 0.1) is 4.92 Å². The van der Waals surface area contributed by atoms with Crippen molar-refractivity contribution in [2.24, 2.45) is 5.14 Å². The minimum absolute atomic E-state index is 0.0786. The number of nitrogens with zero attached hydrogens (tertiary/aromatic N) is 1. The second kappa shape index (κ2) is 4.51. The van der Waals surface area contributed by atoms with E-state index in [-0.39, 0.29) is 6.07 Å². The van der Waals surface area contributed by atoms with Gasteiger partial charge in [-0.3, -0.25) is 19.9 Å². The van der Waals surface area contributed by atoms with Crippen molar-refractivity contribution in [3.8, 4) is 5.88 Å². The molecule has 0 aromatic carbocycles. The van der Waals surface area contributed by atoms with Gasteiger partial charge in [0.25, 0.3) is 0 Å². The normalized spacial score (nSPS) is 12.2. The smallest absolute Gasteiger partial charge is 0.388 e. The molecule has 13 heteroatoms. The van der Waals surface area contributed by atoms with Crippen molar-refractivity contribution in [1.29, 1.82) is 0 Å². The summed E-state index contributed by atoms with van der Waals surface area (Å²) in [5.41, 5.74) is -2.87. The Morgan fingerprint density at radius 1 is 1.42 bits per heavy atom. The fraction of sp³-hybridized carbons (Fsp3) is 0.167. The Hall–Kier alpha value is -2.15. The lowest BCUT2D eigenvalue weighted by Gasteiger charge is -2.10. The first kappa shape index (κ1) is 14.9. The van der Waals surface area contributed by atoms with Crippen LogP contribution in [0.1, 0.15) is 0 Å². The fourth-order valence-corrected chi connectivity index (χ4v) is 1.65. The van der Waals surface area contributed by atoms with Crippen LogP contribution >= 0.6 is 0 Å². The molecule has 0 aliphatic rings. The average Bonchev–Trinajstić information content (AvgIpc) is 2.11. The molecule has 1 heterocycles. The average molecular weight is 303 g/mol. The van der Waals surface area contributed by atoms with Crippen LogP contribution in [-0.4, -0.2) is 24.7 Å². The highest BCUT2D eigenvalue weighted by atomic mass is 32.2. The van der Waals surface area contributed by atoms with Gasteiger partial charge < -0.3 is 4.74 Å². The number of alkyl halides is 3. The van der Waals surface area contributed by atoms with Crippen molar-refractivity contribution in [2.45, 2.75) is 11.3 Å². The molecule has 0 saturated heterocycles. The number of hydrogen-bond acceptors (Lipinski definition) is 6. The maximum absolute atomic E-state index is 12.0. The van der Waals surface area contributed by atoms with Gasteiger partial charge in [0.15, 0.2) is 0 Å². The monoisotopic (exact) mass is 303 g/mol. The summed E-state index contributed by atoms with van der Waals surface area (Å²) in [5.74, 6) is -1.55. The second-order valence-electron chi connectivity index (χ2n) is 3.03. The van der Waals surface area contributed by atoms with E-state index in [4.69, 9.17) is 0 Å². The molecule has 1 aromatic heterocycles. The van der Waals surface area contributed by atoms with Crippen LogP contribution in [0, 0.1) is 10.1 Å². The van der Waals surface area contributed by atoms with Crippen LogP contribution in [0.2, 0.25) is 0 Å². The fourth-order valence-electron chi connectivity index (χ4n) is 1.02. The molecular weight excluding hydrogens is 299 g/mol. The van der Waals surface area contributed by atoms with Gasteiger partial charge >= 0.3 is 17.6 Å². The van der Waals surface area contributed by atoms with Crippen molar-refractivity contribution in [2.75, 3.05) is 0 Å². The predicted octanol–water partition coefficient (Wildman–Crippen LogP) is -0.171. The molecule has 0 radical (unpaired) electrons. The quantitative estimate of drug-likeness (QED) is 0.585. The van der Waals surface area contributed by atoms with Gasteiger partial charge in [-0.15, -0.1) is 13.2 Å². The second-order valence-corrected chi connectivity index (χ2v) is 4.56. The highest BCUT2D eigenvalue weighted by Gasteiger charge is 2.35. The molecule has 0 atom stereocenters. The standard InChI is InChI=1S/C6H4F3N3O6S/c7-6(8,9)18-5-3(19(10,16)17)1-2(12(14)15)4(13)11-5/h1H,(H,11,13)(H2,10,16,17). The summed E-state index contributed by atoms with van der Waals surface area (Å²) in [5, 5.41) is 15.0. The number of hydrogen-bond donors (Lipinski definition) is 2. The van der Waals surface area contributed by atoms with Crippen molar-refractivity contribution in [3.05, 3.63) is 26.5 Å². The number of H-pyrrole nitrogens is 1. The minimum Gasteiger partial charge on any atom is -0.388 e. The Balaban J connectivity index is 3.60.